The van der Waals surface area contributed by atoms with Crippen molar-refractivity contribution in [2.24, 2.45) is 29.1 Å². The molecule has 3 nitrogen and oxygen atoms in total. The lowest BCUT2D eigenvalue weighted by molar-refractivity contribution is -0.126. The maximum atomic E-state index is 13.1. The van der Waals surface area contributed by atoms with Crippen LogP contribution in [0.2, 0.25) is 0 Å². The highest BCUT2D eigenvalue weighted by atomic mass is 16.3. The van der Waals surface area contributed by atoms with Crippen molar-refractivity contribution >= 4 is 11.6 Å². The molecule has 0 N–H and O–H groups in total. The Morgan fingerprint density at radius 1 is 1.09 bits per heavy atom. The molecule has 0 amide bonds. The Labute approximate surface area is 208 Å². The van der Waals surface area contributed by atoms with Crippen LogP contribution in [0.1, 0.15) is 77.2 Å². The average molecular weight is 469 g/mol. The van der Waals surface area contributed by atoms with Gasteiger partial charge in [0.25, 0.3) is 0 Å². The van der Waals surface area contributed by atoms with Crippen LogP contribution in [0.3, 0.4) is 0 Å². The van der Waals surface area contributed by atoms with Gasteiger partial charge in [-0.15, -0.1) is 0 Å². The average Bonchev–Trinajstić information content (AvgIpc) is 3.49. The SMILES string of the molecule is CC[C@@H]1CC2C3CCC4=CC(=O)CCC4=C3[C@@H](c3ccc(-c4ccoc4)cc3)C[C@]2(C)[C@H]1C(C)=O. The number of carbonyl (C=O) groups excluding carboxylic acids is 2. The normalized spacial score (nSPS) is 34.2. The largest absolute Gasteiger partial charge is 0.472 e. The highest BCUT2D eigenvalue weighted by molar-refractivity contribution is 5.93. The van der Waals surface area contributed by atoms with Gasteiger partial charge in [-0.05, 0) is 96.6 Å². The molecular weight excluding hydrogens is 432 g/mol. The third kappa shape index (κ3) is 3.53. The molecule has 1 aromatic carbocycles. The number of hydrogen-bond donors (Lipinski definition) is 0. The number of benzene rings is 1. The summed E-state index contributed by atoms with van der Waals surface area (Å²) in [5, 5.41) is 0. The summed E-state index contributed by atoms with van der Waals surface area (Å²) in [5.74, 6) is 2.70. The van der Waals surface area contributed by atoms with Crippen molar-refractivity contribution in [1.29, 1.82) is 0 Å². The smallest absolute Gasteiger partial charge is 0.156 e. The van der Waals surface area contributed by atoms with Gasteiger partial charge < -0.3 is 4.42 Å². The molecule has 2 fully saturated rings. The molecule has 0 aliphatic heterocycles. The quantitative estimate of drug-likeness (QED) is 0.462. The second-order valence-corrected chi connectivity index (χ2v) is 11.7. The van der Waals surface area contributed by atoms with Crippen molar-refractivity contribution in [1.82, 2.24) is 0 Å². The zero-order chi connectivity index (χ0) is 24.3. The number of rotatable bonds is 4. The molecule has 6 rings (SSSR count). The van der Waals surface area contributed by atoms with Crippen molar-refractivity contribution in [3.05, 3.63) is 71.2 Å². The third-order valence-corrected chi connectivity index (χ3v) is 10.0. The van der Waals surface area contributed by atoms with Gasteiger partial charge in [0.1, 0.15) is 5.78 Å². The lowest BCUT2D eigenvalue weighted by atomic mass is 9.51. The van der Waals surface area contributed by atoms with E-state index in [0.29, 0.717) is 35.9 Å². The number of hydrogen-bond acceptors (Lipinski definition) is 3. The Morgan fingerprint density at radius 2 is 1.89 bits per heavy atom. The van der Waals surface area contributed by atoms with Crippen molar-refractivity contribution < 1.29 is 14.0 Å². The second-order valence-electron chi connectivity index (χ2n) is 11.7. The van der Waals surface area contributed by atoms with Gasteiger partial charge in [-0.2, -0.15) is 0 Å². The maximum absolute atomic E-state index is 13.1. The van der Waals surface area contributed by atoms with E-state index in [2.05, 4.69) is 38.1 Å². The topological polar surface area (TPSA) is 47.3 Å². The molecule has 35 heavy (non-hydrogen) atoms. The first-order valence-corrected chi connectivity index (χ1v) is 13.5. The first-order valence-electron chi connectivity index (χ1n) is 13.5. The Bertz CT molecular complexity index is 1210. The summed E-state index contributed by atoms with van der Waals surface area (Å²) in [5.41, 5.74) is 8.02. The van der Waals surface area contributed by atoms with Crippen LogP contribution in [-0.2, 0) is 9.59 Å². The Morgan fingerprint density at radius 3 is 2.57 bits per heavy atom. The fourth-order valence-electron chi connectivity index (χ4n) is 8.68. The molecule has 2 saturated carbocycles. The van der Waals surface area contributed by atoms with Crippen LogP contribution in [0.25, 0.3) is 11.1 Å². The van der Waals surface area contributed by atoms with Gasteiger partial charge in [-0.3, -0.25) is 9.59 Å². The van der Waals surface area contributed by atoms with Gasteiger partial charge in [0.05, 0.1) is 12.5 Å². The number of ketones is 2. The summed E-state index contributed by atoms with van der Waals surface area (Å²) < 4.78 is 5.30. The monoisotopic (exact) mass is 468 g/mol. The Kier molecular flexibility index (Phi) is 5.51. The van der Waals surface area contributed by atoms with Crippen LogP contribution in [0.15, 0.2) is 70.1 Å². The van der Waals surface area contributed by atoms with E-state index in [1.807, 2.05) is 19.1 Å². The van der Waals surface area contributed by atoms with Crippen molar-refractivity contribution in [2.75, 3.05) is 0 Å². The van der Waals surface area contributed by atoms with Crippen LogP contribution in [0.4, 0.5) is 0 Å². The summed E-state index contributed by atoms with van der Waals surface area (Å²) in [6, 6.07) is 11.0. The molecule has 0 saturated heterocycles. The summed E-state index contributed by atoms with van der Waals surface area (Å²) in [7, 11) is 0. The van der Waals surface area contributed by atoms with Crippen LogP contribution in [0.5, 0.6) is 0 Å². The van der Waals surface area contributed by atoms with Crippen LogP contribution < -0.4 is 0 Å². The number of fused-ring (bicyclic) bond motifs is 4. The van der Waals surface area contributed by atoms with E-state index in [0.717, 1.165) is 43.2 Å². The fraction of sp³-hybridized carbons (Fsp3) is 0.500. The molecule has 2 aromatic rings. The van der Waals surface area contributed by atoms with Crippen LogP contribution in [-0.4, -0.2) is 11.6 Å². The van der Waals surface area contributed by atoms with Gasteiger partial charge in [0, 0.05) is 23.8 Å². The summed E-state index contributed by atoms with van der Waals surface area (Å²) in [6.45, 7) is 6.53. The molecule has 1 heterocycles. The molecule has 1 aromatic heterocycles. The summed E-state index contributed by atoms with van der Waals surface area (Å²) in [6.07, 6.45) is 12.4. The van der Waals surface area contributed by atoms with Crippen molar-refractivity contribution in [3.8, 4) is 11.1 Å². The minimum absolute atomic E-state index is 0.0286. The van der Waals surface area contributed by atoms with Crippen LogP contribution in [0, 0.1) is 29.1 Å². The molecule has 0 bridgehead atoms. The van der Waals surface area contributed by atoms with Gasteiger partial charge in [-0.25, -0.2) is 0 Å². The first-order chi connectivity index (χ1) is 16.9. The van der Waals surface area contributed by atoms with E-state index in [1.54, 1.807) is 18.1 Å². The van der Waals surface area contributed by atoms with Crippen molar-refractivity contribution in [2.45, 2.75) is 71.6 Å². The van der Waals surface area contributed by atoms with E-state index in [4.69, 9.17) is 4.42 Å². The number of furan rings is 1. The fourth-order valence-corrected chi connectivity index (χ4v) is 8.68. The van der Waals surface area contributed by atoms with E-state index in [1.165, 1.54) is 23.1 Å². The van der Waals surface area contributed by atoms with Crippen molar-refractivity contribution in [3.63, 3.8) is 0 Å². The molecule has 4 aliphatic carbocycles. The molecule has 2 unspecified atom stereocenters. The lowest BCUT2D eigenvalue weighted by Gasteiger charge is -2.52. The molecule has 3 heteroatoms. The number of allylic oxidation sites excluding steroid dienone is 4. The second kappa shape index (κ2) is 8.47. The highest BCUT2D eigenvalue weighted by Crippen LogP contribution is 2.67. The predicted octanol–water partition coefficient (Wildman–Crippen LogP) is 7.69. The molecule has 4 aliphatic rings. The van der Waals surface area contributed by atoms with E-state index in [9.17, 15) is 9.59 Å². The number of Topliss-reactive ketones (excluding diaryl/α,β-unsaturated/α-hetero) is 1. The van der Waals surface area contributed by atoms with Gasteiger partial charge in [-0.1, -0.05) is 50.1 Å². The highest BCUT2D eigenvalue weighted by Gasteiger charge is 2.60. The standard InChI is InChI=1S/C32H36O3/c1-4-20-16-29-27-11-9-23-15-25(34)10-12-26(23)30(27)28(17-32(29,3)31(20)19(2)33)22-7-5-21(6-8-22)24-13-14-35-18-24/h5-8,13-15,18,20,27-29,31H,4,9-12,16-17H2,1-3H3/t20-,27?,28-,29?,31+,32+/m1/s1. The molecule has 0 radical (unpaired) electrons. The third-order valence-electron chi connectivity index (χ3n) is 10.0. The summed E-state index contributed by atoms with van der Waals surface area (Å²) in [4.78, 5) is 25.3. The molecular formula is C32H36O3. The van der Waals surface area contributed by atoms with Gasteiger partial charge in [0.15, 0.2) is 5.78 Å². The maximum Gasteiger partial charge on any atom is 0.156 e. The van der Waals surface area contributed by atoms with E-state index in [-0.39, 0.29) is 17.1 Å². The first kappa shape index (κ1) is 22.8. The Balaban J connectivity index is 1.49. The van der Waals surface area contributed by atoms with Gasteiger partial charge >= 0.3 is 0 Å². The molecule has 0 spiro atoms. The van der Waals surface area contributed by atoms with E-state index >= 15 is 0 Å². The molecule has 6 atom stereocenters. The zero-order valence-electron chi connectivity index (χ0n) is 21.2. The minimum atomic E-state index is 0.0286. The van der Waals surface area contributed by atoms with Crippen LogP contribution >= 0.6 is 0 Å². The minimum Gasteiger partial charge on any atom is -0.472 e. The predicted molar refractivity (Wildman–Crippen MR) is 138 cm³/mol. The van der Waals surface area contributed by atoms with Gasteiger partial charge in [0.2, 0.25) is 0 Å². The Hall–Kier alpha value is -2.68. The lowest BCUT2D eigenvalue weighted by Crippen LogP contribution is -2.45. The molecule has 182 valence electrons. The van der Waals surface area contributed by atoms with E-state index < -0.39 is 0 Å². The summed E-state index contributed by atoms with van der Waals surface area (Å²) >= 11 is 0. The number of carbonyl (C=O) groups is 2. The zero-order valence-corrected chi connectivity index (χ0v) is 21.2.